The average molecular weight is 372 g/mol. The highest BCUT2D eigenvalue weighted by Crippen LogP contribution is 2.26. The van der Waals surface area contributed by atoms with E-state index < -0.39 is 5.97 Å². The molecule has 2 aromatic rings. The third kappa shape index (κ3) is 4.65. The molecule has 1 aliphatic heterocycles. The molecule has 0 aliphatic carbocycles. The van der Waals surface area contributed by atoms with Gasteiger partial charge in [0.15, 0.2) is 0 Å². The average Bonchev–Trinajstić information content (AvgIpc) is 3.14. The van der Waals surface area contributed by atoms with Crippen molar-refractivity contribution in [1.29, 1.82) is 0 Å². The number of methoxy groups -OCH3 is 1. The third-order valence-corrected chi connectivity index (χ3v) is 4.81. The van der Waals surface area contributed by atoms with Crippen LogP contribution >= 0.6 is 0 Å². The van der Waals surface area contributed by atoms with Crippen LogP contribution in [0.2, 0.25) is 0 Å². The summed E-state index contributed by atoms with van der Waals surface area (Å²) in [5.74, 6) is 0.154. The summed E-state index contributed by atoms with van der Waals surface area (Å²) in [6, 6.07) is 9.03. The Hall–Kier alpha value is -2.87. The van der Waals surface area contributed by atoms with Crippen molar-refractivity contribution < 1.29 is 19.4 Å². The van der Waals surface area contributed by atoms with Crippen LogP contribution in [0.4, 0.5) is 5.82 Å². The molecular formula is C19H24N4O4. The number of rotatable bonds is 7. The predicted molar refractivity (Wildman–Crippen MR) is 100 cm³/mol. The van der Waals surface area contributed by atoms with Crippen molar-refractivity contribution in [2.45, 2.75) is 25.3 Å². The quantitative estimate of drug-likeness (QED) is 0.774. The van der Waals surface area contributed by atoms with Crippen molar-refractivity contribution in [3.63, 3.8) is 0 Å². The van der Waals surface area contributed by atoms with Crippen LogP contribution in [0.1, 0.15) is 35.7 Å². The number of hydrogen-bond donors (Lipinski definition) is 2. The molecule has 0 spiro atoms. The Balaban J connectivity index is 1.63. The number of nitrogens with one attached hydrogen (secondary N) is 1. The summed E-state index contributed by atoms with van der Waals surface area (Å²) in [6.45, 7) is 2.20. The molecule has 8 nitrogen and oxygen atoms in total. The third-order valence-electron chi connectivity index (χ3n) is 4.81. The number of aliphatic carboxylic acids is 1. The van der Waals surface area contributed by atoms with Crippen molar-refractivity contribution in [2.75, 3.05) is 32.1 Å². The molecule has 2 N–H and O–H groups in total. The van der Waals surface area contributed by atoms with Gasteiger partial charge in [-0.1, -0.05) is 12.1 Å². The van der Waals surface area contributed by atoms with Gasteiger partial charge in [-0.25, -0.2) is 4.68 Å². The van der Waals surface area contributed by atoms with Crippen LogP contribution in [0.3, 0.4) is 0 Å². The maximum atomic E-state index is 12.6. The minimum atomic E-state index is -0.773. The van der Waals surface area contributed by atoms with Crippen LogP contribution in [-0.2, 0) is 4.79 Å². The summed E-state index contributed by atoms with van der Waals surface area (Å²) in [4.78, 5) is 25.5. The second kappa shape index (κ2) is 8.68. The number of carbonyl (C=O) groups is 2. The number of likely N-dealkylation sites (tertiary alicyclic amines) is 1. The smallest absolute Gasteiger partial charge is 0.304 e. The molecule has 8 heteroatoms. The Labute approximate surface area is 157 Å². The van der Waals surface area contributed by atoms with E-state index in [0.29, 0.717) is 23.7 Å². The Morgan fingerprint density at radius 2 is 2.00 bits per heavy atom. The molecule has 1 fully saturated rings. The van der Waals surface area contributed by atoms with Crippen molar-refractivity contribution in [2.24, 2.45) is 0 Å². The molecule has 0 atom stereocenters. The topological polar surface area (TPSA) is 96.7 Å². The van der Waals surface area contributed by atoms with Gasteiger partial charge in [0.05, 0.1) is 31.3 Å². The summed E-state index contributed by atoms with van der Waals surface area (Å²) in [5, 5.41) is 16.1. The normalized spacial score (nSPS) is 15.4. The number of nitrogens with zero attached hydrogens (tertiary/aromatic N) is 3. The molecular weight excluding hydrogens is 348 g/mol. The van der Waals surface area contributed by atoms with Gasteiger partial charge in [-0.2, -0.15) is 5.10 Å². The van der Waals surface area contributed by atoms with Crippen LogP contribution in [0, 0.1) is 0 Å². The number of carboxylic acid groups (broad SMARTS) is 1. The van der Waals surface area contributed by atoms with Gasteiger partial charge in [-0.3, -0.25) is 9.59 Å². The molecule has 144 valence electrons. The van der Waals surface area contributed by atoms with E-state index in [2.05, 4.69) is 15.3 Å². The standard InChI is InChI=1S/C19H24N4O4/c1-27-16-5-3-2-4-15(16)19(26)21-17-6-10-20-23(17)14-7-11-22(12-8-14)13-9-18(24)25/h2-6,10,14H,7-9,11-13H2,1H3,(H,21,26)(H,24,25). The number of para-hydroxylation sites is 1. The van der Waals surface area contributed by atoms with Crippen LogP contribution in [0.5, 0.6) is 5.75 Å². The molecule has 1 aromatic carbocycles. The summed E-state index contributed by atoms with van der Waals surface area (Å²) in [5.41, 5.74) is 0.469. The Morgan fingerprint density at radius 3 is 2.70 bits per heavy atom. The zero-order chi connectivity index (χ0) is 19.2. The van der Waals surface area contributed by atoms with E-state index in [4.69, 9.17) is 9.84 Å². The summed E-state index contributed by atoms with van der Waals surface area (Å²) >= 11 is 0. The second-order valence-corrected chi connectivity index (χ2v) is 6.53. The number of hydrogen-bond acceptors (Lipinski definition) is 5. The maximum Gasteiger partial charge on any atom is 0.304 e. The fourth-order valence-electron chi connectivity index (χ4n) is 3.36. The van der Waals surface area contributed by atoms with E-state index in [9.17, 15) is 9.59 Å². The Kier molecular flexibility index (Phi) is 6.08. The molecule has 1 amide bonds. The van der Waals surface area contributed by atoms with Gasteiger partial charge in [0.2, 0.25) is 0 Å². The number of benzene rings is 1. The zero-order valence-corrected chi connectivity index (χ0v) is 15.3. The lowest BCUT2D eigenvalue weighted by molar-refractivity contribution is -0.137. The van der Waals surface area contributed by atoms with Gasteiger partial charge >= 0.3 is 5.97 Å². The fourth-order valence-corrected chi connectivity index (χ4v) is 3.36. The summed E-state index contributed by atoms with van der Waals surface area (Å²) in [7, 11) is 1.54. The molecule has 2 heterocycles. The number of ether oxygens (including phenoxy) is 1. The lowest BCUT2D eigenvalue weighted by Crippen LogP contribution is -2.36. The molecule has 27 heavy (non-hydrogen) atoms. The first kappa shape index (κ1) is 18.9. The first-order valence-corrected chi connectivity index (χ1v) is 9.00. The second-order valence-electron chi connectivity index (χ2n) is 6.53. The predicted octanol–water partition coefficient (Wildman–Crippen LogP) is 2.26. The van der Waals surface area contributed by atoms with E-state index >= 15 is 0 Å². The van der Waals surface area contributed by atoms with Gasteiger partial charge in [-0.15, -0.1) is 0 Å². The molecule has 1 aromatic heterocycles. The number of carboxylic acids is 1. The van der Waals surface area contributed by atoms with E-state index in [1.165, 1.54) is 7.11 Å². The van der Waals surface area contributed by atoms with Crippen molar-refractivity contribution >= 4 is 17.7 Å². The van der Waals surface area contributed by atoms with Gasteiger partial charge in [0.25, 0.3) is 5.91 Å². The van der Waals surface area contributed by atoms with E-state index in [0.717, 1.165) is 25.9 Å². The highest BCUT2D eigenvalue weighted by atomic mass is 16.5. The maximum absolute atomic E-state index is 12.6. The van der Waals surface area contributed by atoms with Gasteiger partial charge in [-0.05, 0) is 25.0 Å². The first-order chi connectivity index (χ1) is 13.1. The number of anilines is 1. The Morgan fingerprint density at radius 1 is 1.26 bits per heavy atom. The largest absolute Gasteiger partial charge is 0.496 e. The molecule has 1 saturated heterocycles. The number of amides is 1. The minimum absolute atomic E-state index is 0.159. The van der Waals surface area contributed by atoms with Crippen molar-refractivity contribution in [1.82, 2.24) is 14.7 Å². The zero-order valence-electron chi connectivity index (χ0n) is 15.3. The Bertz CT molecular complexity index is 797. The van der Waals surface area contributed by atoms with Gasteiger partial charge in [0.1, 0.15) is 11.6 Å². The van der Waals surface area contributed by atoms with Gasteiger partial charge in [0, 0.05) is 25.7 Å². The van der Waals surface area contributed by atoms with Crippen molar-refractivity contribution in [3.8, 4) is 5.75 Å². The van der Waals surface area contributed by atoms with Crippen LogP contribution in [0.15, 0.2) is 36.5 Å². The lowest BCUT2D eigenvalue weighted by Gasteiger charge is -2.32. The number of aromatic nitrogens is 2. The van der Waals surface area contributed by atoms with E-state index in [1.54, 1.807) is 30.5 Å². The highest BCUT2D eigenvalue weighted by Gasteiger charge is 2.24. The molecule has 3 rings (SSSR count). The van der Waals surface area contributed by atoms with Crippen LogP contribution < -0.4 is 10.1 Å². The SMILES string of the molecule is COc1ccccc1C(=O)Nc1ccnn1C1CCN(CCC(=O)O)CC1. The van der Waals surface area contributed by atoms with Crippen LogP contribution in [0.25, 0.3) is 0 Å². The summed E-state index contributed by atoms with van der Waals surface area (Å²) in [6.07, 6.45) is 3.55. The minimum Gasteiger partial charge on any atom is -0.496 e. The number of piperidine rings is 1. The molecule has 0 bridgehead atoms. The number of carbonyl (C=O) groups excluding carboxylic acids is 1. The first-order valence-electron chi connectivity index (χ1n) is 9.00. The molecule has 0 unspecified atom stereocenters. The van der Waals surface area contributed by atoms with Crippen LogP contribution in [-0.4, -0.2) is 58.4 Å². The summed E-state index contributed by atoms with van der Waals surface area (Å²) < 4.78 is 7.10. The highest BCUT2D eigenvalue weighted by molar-refractivity contribution is 6.05. The molecule has 1 aliphatic rings. The van der Waals surface area contributed by atoms with E-state index in [-0.39, 0.29) is 18.4 Å². The van der Waals surface area contributed by atoms with E-state index in [1.807, 2.05) is 10.7 Å². The lowest BCUT2D eigenvalue weighted by atomic mass is 10.1. The van der Waals surface area contributed by atoms with Crippen molar-refractivity contribution in [3.05, 3.63) is 42.1 Å². The fraction of sp³-hybridized carbons (Fsp3) is 0.421. The van der Waals surface area contributed by atoms with Gasteiger partial charge < -0.3 is 20.1 Å². The molecule has 0 radical (unpaired) electrons. The molecule has 0 saturated carbocycles. The monoisotopic (exact) mass is 372 g/mol.